The minimum Gasteiger partial charge on any atom is -0.381 e. The number of likely N-dealkylation sites (N-methyl/N-ethyl adjacent to an activating group) is 1. The Morgan fingerprint density at radius 3 is 2.56 bits per heavy atom. The van der Waals surface area contributed by atoms with Crippen LogP contribution in [0, 0.1) is 5.92 Å². The first-order valence-corrected chi connectivity index (χ1v) is 7.06. The maximum absolute atomic E-state index is 11.3. The first-order valence-electron chi connectivity index (χ1n) is 7.06. The summed E-state index contributed by atoms with van der Waals surface area (Å²) in [6.07, 6.45) is 5.49. The average Bonchev–Trinajstić information content (AvgIpc) is 2.37. The van der Waals surface area contributed by atoms with E-state index in [2.05, 4.69) is 19.2 Å². The van der Waals surface area contributed by atoms with Crippen LogP contribution < -0.4 is 11.1 Å². The zero-order valence-electron chi connectivity index (χ0n) is 12.4. The van der Waals surface area contributed by atoms with E-state index in [9.17, 15) is 4.79 Å². The highest BCUT2D eigenvalue weighted by Gasteiger charge is 2.28. The number of ether oxygens (including phenoxy) is 1. The lowest BCUT2D eigenvalue weighted by Gasteiger charge is -2.25. The molecule has 0 aromatic carbocycles. The molecule has 0 spiro atoms. The largest absolute Gasteiger partial charge is 0.381 e. The summed E-state index contributed by atoms with van der Waals surface area (Å²) in [4.78, 5) is 11.3. The minimum atomic E-state index is -0.662. The minimum absolute atomic E-state index is 0.327. The topological polar surface area (TPSA) is 64.3 Å². The van der Waals surface area contributed by atoms with E-state index >= 15 is 0 Å². The van der Waals surface area contributed by atoms with Crippen LogP contribution in [-0.2, 0) is 9.53 Å². The van der Waals surface area contributed by atoms with E-state index in [1.807, 2.05) is 6.92 Å². The first-order chi connectivity index (χ1) is 8.50. The summed E-state index contributed by atoms with van der Waals surface area (Å²) in [5.74, 6) is 0.311. The smallest absolute Gasteiger partial charge is 0.237 e. The Bertz CT molecular complexity index is 234. The molecule has 108 valence electrons. The third kappa shape index (κ3) is 6.36. The average molecular weight is 258 g/mol. The van der Waals surface area contributed by atoms with Crippen LogP contribution in [0.3, 0.4) is 0 Å². The quantitative estimate of drug-likeness (QED) is 0.558. The molecule has 4 nitrogen and oxygen atoms in total. The van der Waals surface area contributed by atoms with Gasteiger partial charge in [-0.2, -0.15) is 0 Å². The molecule has 0 fully saturated rings. The third-order valence-corrected chi connectivity index (χ3v) is 3.74. The summed E-state index contributed by atoms with van der Waals surface area (Å²) in [5.41, 5.74) is 4.70. The van der Waals surface area contributed by atoms with Gasteiger partial charge < -0.3 is 15.8 Å². The van der Waals surface area contributed by atoms with Crippen LogP contribution in [0.15, 0.2) is 0 Å². The van der Waals surface area contributed by atoms with Gasteiger partial charge in [0.25, 0.3) is 0 Å². The number of nitrogens with one attached hydrogen (secondary N) is 1. The highest BCUT2D eigenvalue weighted by molar-refractivity contribution is 5.84. The number of hydrogen-bond acceptors (Lipinski definition) is 3. The van der Waals surface area contributed by atoms with Crippen molar-refractivity contribution in [2.45, 2.75) is 58.4 Å². The molecule has 1 amide bonds. The molecule has 0 saturated heterocycles. The summed E-state index contributed by atoms with van der Waals surface area (Å²) in [7, 11) is 1.75. The fourth-order valence-electron chi connectivity index (χ4n) is 1.80. The number of unbranched alkanes of at least 4 members (excludes halogenated alkanes) is 1. The molecule has 0 saturated carbocycles. The van der Waals surface area contributed by atoms with E-state index in [-0.39, 0.29) is 5.91 Å². The van der Waals surface area contributed by atoms with Crippen molar-refractivity contribution in [2.75, 3.05) is 20.3 Å². The van der Waals surface area contributed by atoms with Crippen molar-refractivity contribution in [1.29, 1.82) is 0 Å². The molecule has 2 atom stereocenters. The number of primary amides is 1. The van der Waals surface area contributed by atoms with Crippen molar-refractivity contribution in [3.8, 4) is 0 Å². The monoisotopic (exact) mass is 258 g/mol. The SMILES string of the molecule is CCCCC(CC)COCCC(C)(NC)C(N)=O. The molecule has 0 aliphatic carbocycles. The predicted molar refractivity (Wildman–Crippen MR) is 75.4 cm³/mol. The lowest BCUT2D eigenvalue weighted by atomic mass is 9.97. The van der Waals surface area contributed by atoms with Crippen LogP contribution in [0.4, 0.5) is 0 Å². The van der Waals surface area contributed by atoms with Crippen molar-refractivity contribution in [3.05, 3.63) is 0 Å². The third-order valence-electron chi connectivity index (χ3n) is 3.74. The van der Waals surface area contributed by atoms with Gasteiger partial charge in [0.1, 0.15) is 0 Å². The Balaban J connectivity index is 3.86. The fraction of sp³-hybridized carbons (Fsp3) is 0.929. The fourth-order valence-corrected chi connectivity index (χ4v) is 1.80. The maximum Gasteiger partial charge on any atom is 0.237 e. The highest BCUT2D eigenvalue weighted by atomic mass is 16.5. The molecule has 0 bridgehead atoms. The Hall–Kier alpha value is -0.610. The summed E-state index contributed by atoms with van der Waals surface area (Å²) in [5, 5.41) is 2.96. The molecule has 0 aliphatic heterocycles. The molecule has 18 heavy (non-hydrogen) atoms. The highest BCUT2D eigenvalue weighted by Crippen LogP contribution is 2.14. The number of hydrogen-bond donors (Lipinski definition) is 2. The second-order valence-electron chi connectivity index (χ2n) is 5.19. The Labute approximate surface area is 112 Å². The second kappa shape index (κ2) is 9.34. The number of amides is 1. The van der Waals surface area contributed by atoms with Crippen LogP contribution in [-0.4, -0.2) is 31.7 Å². The Kier molecular flexibility index (Phi) is 9.02. The van der Waals surface area contributed by atoms with E-state index in [0.717, 1.165) is 13.0 Å². The number of carbonyl (C=O) groups excluding carboxylic acids is 1. The van der Waals surface area contributed by atoms with Crippen molar-refractivity contribution in [1.82, 2.24) is 5.32 Å². The molecule has 0 aromatic heterocycles. The van der Waals surface area contributed by atoms with E-state index in [1.54, 1.807) is 7.05 Å². The molecule has 2 unspecified atom stereocenters. The van der Waals surface area contributed by atoms with Gasteiger partial charge in [0, 0.05) is 13.2 Å². The summed E-state index contributed by atoms with van der Waals surface area (Å²) >= 11 is 0. The first kappa shape index (κ1) is 17.4. The zero-order valence-corrected chi connectivity index (χ0v) is 12.4. The zero-order chi connectivity index (χ0) is 14.0. The summed E-state index contributed by atoms with van der Waals surface area (Å²) < 4.78 is 5.68. The molecule has 0 rings (SSSR count). The molecular formula is C14H30N2O2. The van der Waals surface area contributed by atoms with E-state index in [0.29, 0.717) is 18.9 Å². The lowest BCUT2D eigenvalue weighted by molar-refractivity contribution is -0.124. The van der Waals surface area contributed by atoms with Crippen LogP contribution in [0.5, 0.6) is 0 Å². The Morgan fingerprint density at radius 1 is 1.44 bits per heavy atom. The van der Waals surface area contributed by atoms with Crippen LogP contribution in [0.1, 0.15) is 52.9 Å². The van der Waals surface area contributed by atoms with Gasteiger partial charge in [-0.15, -0.1) is 0 Å². The number of rotatable bonds is 11. The van der Waals surface area contributed by atoms with Gasteiger partial charge in [0.05, 0.1) is 5.54 Å². The van der Waals surface area contributed by atoms with E-state index < -0.39 is 5.54 Å². The van der Waals surface area contributed by atoms with Crippen LogP contribution >= 0.6 is 0 Å². The van der Waals surface area contributed by atoms with Crippen molar-refractivity contribution < 1.29 is 9.53 Å². The standard InChI is InChI=1S/C14H30N2O2/c1-5-7-8-12(6-2)11-18-10-9-14(3,16-4)13(15)17/h12,16H,5-11H2,1-4H3,(H2,15,17). The van der Waals surface area contributed by atoms with Gasteiger partial charge in [-0.1, -0.05) is 33.1 Å². The Morgan fingerprint density at radius 2 is 2.11 bits per heavy atom. The molecule has 0 aromatic rings. The molecule has 0 aliphatic rings. The van der Waals surface area contributed by atoms with E-state index in [4.69, 9.17) is 10.5 Å². The maximum atomic E-state index is 11.3. The van der Waals surface area contributed by atoms with Gasteiger partial charge in [0.15, 0.2) is 0 Å². The molecular weight excluding hydrogens is 228 g/mol. The van der Waals surface area contributed by atoms with Crippen LogP contribution in [0.25, 0.3) is 0 Å². The van der Waals surface area contributed by atoms with Crippen molar-refractivity contribution in [2.24, 2.45) is 11.7 Å². The number of nitrogens with two attached hydrogens (primary N) is 1. The van der Waals surface area contributed by atoms with Crippen molar-refractivity contribution in [3.63, 3.8) is 0 Å². The normalized spacial score (nSPS) is 16.2. The van der Waals surface area contributed by atoms with Gasteiger partial charge in [-0.3, -0.25) is 4.79 Å². The molecule has 0 radical (unpaired) electrons. The predicted octanol–water partition coefficient (Wildman–Crippen LogP) is 2.07. The lowest BCUT2D eigenvalue weighted by Crippen LogP contribution is -2.52. The molecule has 0 heterocycles. The summed E-state index contributed by atoms with van der Waals surface area (Å²) in [6.45, 7) is 7.58. The van der Waals surface area contributed by atoms with Gasteiger partial charge in [-0.25, -0.2) is 0 Å². The summed E-state index contributed by atoms with van der Waals surface area (Å²) in [6, 6.07) is 0. The second-order valence-corrected chi connectivity index (χ2v) is 5.19. The van der Waals surface area contributed by atoms with Gasteiger partial charge in [0.2, 0.25) is 5.91 Å². The van der Waals surface area contributed by atoms with E-state index in [1.165, 1.54) is 19.3 Å². The van der Waals surface area contributed by atoms with Gasteiger partial charge >= 0.3 is 0 Å². The molecule has 3 N–H and O–H groups in total. The van der Waals surface area contributed by atoms with Gasteiger partial charge in [-0.05, 0) is 32.7 Å². The molecule has 4 heteroatoms. The van der Waals surface area contributed by atoms with Crippen molar-refractivity contribution >= 4 is 5.91 Å². The number of carbonyl (C=O) groups is 1. The van der Waals surface area contributed by atoms with Crippen LogP contribution in [0.2, 0.25) is 0 Å².